The van der Waals surface area contributed by atoms with Crippen LogP contribution in [0.3, 0.4) is 0 Å². The van der Waals surface area contributed by atoms with Gasteiger partial charge in [-0.05, 0) is 44.2 Å². The van der Waals surface area contributed by atoms with Gasteiger partial charge in [-0.15, -0.1) is 0 Å². The molecule has 1 fully saturated rings. The van der Waals surface area contributed by atoms with E-state index in [-0.39, 0.29) is 11.9 Å². The highest BCUT2D eigenvalue weighted by Gasteiger charge is 2.24. The number of β-amino-alcohol motifs (C(OH)–C–C–N with tert-alkyl or cyclic N) is 1. The molecule has 1 aliphatic rings. The number of nitrogens with one attached hydrogen (secondary N) is 2. The number of pyridine rings is 1. The van der Waals surface area contributed by atoms with Gasteiger partial charge in [-0.2, -0.15) is 0 Å². The lowest BCUT2D eigenvalue weighted by atomic mass is 10.0. The van der Waals surface area contributed by atoms with Crippen molar-refractivity contribution in [3.63, 3.8) is 0 Å². The van der Waals surface area contributed by atoms with Crippen molar-refractivity contribution in [1.82, 2.24) is 15.6 Å². The fraction of sp³-hybridized carbons (Fsp3) is 0.350. The van der Waals surface area contributed by atoms with Crippen LogP contribution in [0, 0.1) is 0 Å². The molecule has 0 radical (unpaired) electrons. The number of amides is 1. The Morgan fingerprint density at radius 2 is 1.96 bits per heavy atom. The summed E-state index contributed by atoms with van der Waals surface area (Å²) in [6.45, 7) is 3.33. The minimum absolute atomic E-state index is 0.210. The molecule has 1 aliphatic heterocycles. The lowest BCUT2D eigenvalue weighted by Crippen LogP contribution is -2.52. The molecule has 0 spiro atoms. The molecule has 3 rings (SSSR count). The van der Waals surface area contributed by atoms with E-state index in [1.165, 1.54) is 6.20 Å². The first-order valence-electron chi connectivity index (χ1n) is 9.01. The molecule has 3 N–H and O–H groups in total. The summed E-state index contributed by atoms with van der Waals surface area (Å²) in [5.74, 6) is -0.609. The Morgan fingerprint density at radius 1 is 1.22 bits per heavy atom. The number of rotatable bonds is 5. The molecule has 1 aromatic carbocycles. The zero-order chi connectivity index (χ0) is 19.2. The fourth-order valence-electron chi connectivity index (χ4n) is 2.95. The number of hydrogen-bond acceptors (Lipinski definition) is 6. The van der Waals surface area contributed by atoms with E-state index in [0.717, 1.165) is 12.1 Å². The van der Waals surface area contributed by atoms with Crippen molar-refractivity contribution in [2.45, 2.75) is 25.5 Å². The van der Waals surface area contributed by atoms with Crippen LogP contribution in [0.4, 0.5) is 0 Å². The van der Waals surface area contributed by atoms with Crippen LogP contribution in [-0.2, 0) is 4.74 Å². The van der Waals surface area contributed by atoms with Crippen LogP contribution < -0.4 is 10.6 Å². The minimum atomic E-state index is -0.580. The standard InChI is InChI=1S/C20H23N3O4/c1-2-27-20(26)15-7-8-16(22-11-15)13-3-5-14(6-4-13)19(25)23-17-9-10-21-12-18(17)24/h3-8,11,17-18,21,24H,2,9-10,12H2,1H3,(H,23,25)/t17-,18-/m1/s1. The normalized spacial score (nSPS) is 19.3. The Morgan fingerprint density at radius 3 is 2.59 bits per heavy atom. The lowest BCUT2D eigenvalue weighted by molar-refractivity contribution is 0.0525. The number of aliphatic hydroxyl groups excluding tert-OH is 1. The number of esters is 1. The van der Waals surface area contributed by atoms with Crippen LogP contribution in [0.1, 0.15) is 34.1 Å². The minimum Gasteiger partial charge on any atom is -0.462 e. The molecule has 1 aromatic heterocycles. The summed E-state index contributed by atoms with van der Waals surface area (Å²) in [5.41, 5.74) is 2.46. The van der Waals surface area contributed by atoms with Crippen LogP contribution in [-0.4, -0.2) is 53.8 Å². The quantitative estimate of drug-likeness (QED) is 0.689. The van der Waals surface area contributed by atoms with E-state index in [9.17, 15) is 14.7 Å². The predicted octanol–water partition coefficient (Wildman–Crippen LogP) is 1.38. The molecule has 2 heterocycles. The maximum absolute atomic E-state index is 12.4. The third-order valence-electron chi connectivity index (χ3n) is 4.48. The van der Waals surface area contributed by atoms with Crippen molar-refractivity contribution in [2.24, 2.45) is 0 Å². The largest absolute Gasteiger partial charge is 0.462 e. The van der Waals surface area contributed by atoms with Gasteiger partial charge < -0.3 is 20.5 Å². The van der Waals surface area contributed by atoms with Gasteiger partial charge in [0.15, 0.2) is 0 Å². The molecular weight excluding hydrogens is 346 g/mol. The summed E-state index contributed by atoms with van der Waals surface area (Å²) in [7, 11) is 0. The number of piperidine rings is 1. The molecule has 27 heavy (non-hydrogen) atoms. The lowest BCUT2D eigenvalue weighted by Gasteiger charge is -2.29. The third-order valence-corrected chi connectivity index (χ3v) is 4.48. The summed E-state index contributed by atoms with van der Waals surface area (Å²) in [6, 6.07) is 10.2. The van der Waals surface area contributed by atoms with E-state index in [1.54, 1.807) is 43.3 Å². The molecular formula is C20H23N3O4. The molecule has 0 aliphatic carbocycles. The number of nitrogens with zero attached hydrogens (tertiary/aromatic N) is 1. The Hall–Kier alpha value is -2.77. The number of carbonyl (C=O) groups excluding carboxylic acids is 2. The molecule has 0 unspecified atom stereocenters. The second-order valence-corrected chi connectivity index (χ2v) is 6.37. The summed E-state index contributed by atoms with van der Waals surface area (Å²) in [4.78, 5) is 28.3. The highest BCUT2D eigenvalue weighted by Crippen LogP contribution is 2.18. The average molecular weight is 369 g/mol. The predicted molar refractivity (Wildman–Crippen MR) is 100 cm³/mol. The molecule has 7 heteroatoms. The van der Waals surface area contributed by atoms with Crippen molar-refractivity contribution in [3.8, 4) is 11.3 Å². The number of benzene rings is 1. The van der Waals surface area contributed by atoms with Crippen molar-refractivity contribution >= 4 is 11.9 Å². The maximum Gasteiger partial charge on any atom is 0.339 e. The van der Waals surface area contributed by atoms with Gasteiger partial charge in [-0.1, -0.05) is 12.1 Å². The first-order chi connectivity index (χ1) is 13.1. The van der Waals surface area contributed by atoms with Gasteiger partial charge in [0, 0.05) is 23.9 Å². The summed E-state index contributed by atoms with van der Waals surface area (Å²) >= 11 is 0. The Bertz CT molecular complexity index is 790. The number of aromatic nitrogens is 1. The Kier molecular flexibility index (Phi) is 6.16. The molecule has 1 saturated heterocycles. The van der Waals surface area contributed by atoms with Gasteiger partial charge in [0.25, 0.3) is 5.91 Å². The third kappa shape index (κ3) is 4.69. The number of carbonyl (C=O) groups is 2. The van der Waals surface area contributed by atoms with Gasteiger partial charge in [-0.3, -0.25) is 9.78 Å². The average Bonchev–Trinajstić information content (AvgIpc) is 2.70. The van der Waals surface area contributed by atoms with E-state index >= 15 is 0 Å². The number of aliphatic hydroxyl groups is 1. The number of ether oxygens (including phenoxy) is 1. The topological polar surface area (TPSA) is 101 Å². The van der Waals surface area contributed by atoms with Crippen molar-refractivity contribution in [2.75, 3.05) is 19.7 Å². The van der Waals surface area contributed by atoms with Crippen LogP contribution in [0.5, 0.6) is 0 Å². The molecule has 142 valence electrons. The first-order valence-corrected chi connectivity index (χ1v) is 9.01. The molecule has 0 saturated carbocycles. The van der Waals surface area contributed by atoms with Crippen molar-refractivity contribution in [1.29, 1.82) is 0 Å². The molecule has 1 amide bonds. The fourth-order valence-corrected chi connectivity index (χ4v) is 2.95. The Balaban J connectivity index is 1.66. The van der Waals surface area contributed by atoms with Gasteiger partial charge in [0.2, 0.25) is 0 Å². The van der Waals surface area contributed by atoms with Crippen LogP contribution in [0.25, 0.3) is 11.3 Å². The van der Waals surface area contributed by atoms with Crippen molar-refractivity contribution in [3.05, 3.63) is 53.7 Å². The molecule has 2 aromatic rings. The Labute approximate surface area is 157 Å². The maximum atomic E-state index is 12.4. The van der Waals surface area contributed by atoms with Crippen LogP contribution in [0.2, 0.25) is 0 Å². The highest BCUT2D eigenvalue weighted by molar-refractivity contribution is 5.95. The SMILES string of the molecule is CCOC(=O)c1ccc(-c2ccc(C(=O)N[C@@H]3CCNC[C@H]3O)cc2)nc1. The molecule has 0 bridgehead atoms. The van der Waals surface area contributed by atoms with Gasteiger partial charge in [0.05, 0.1) is 30.0 Å². The van der Waals surface area contributed by atoms with E-state index in [0.29, 0.717) is 36.4 Å². The van der Waals surface area contributed by atoms with Gasteiger partial charge in [-0.25, -0.2) is 4.79 Å². The van der Waals surface area contributed by atoms with E-state index in [1.807, 2.05) is 0 Å². The first kappa shape index (κ1) is 19.0. The smallest absolute Gasteiger partial charge is 0.339 e. The van der Waals surface area contributed by atoms with Crippen LogP contribution in [0.15, 0.2) is 42.6 Å². The highest BCUT2D eigenvalue weighted by atomic mass is 16.5. The monoisotopic (exact) mass is 369 g/mol. The zero-order valence-electron chi connectivity index (χ0n) is 15.1. The van der Waals surface area contributed by atoms with Crippen molar-refractivity contribution < 1.29 is 19.4 Å². The van der Waals surface area contributed by atoms with E-state index in [4.69, 9.17) is 4.74 Å². The second kappa shape index (κ2) is 8.75. The molecule has 2 atom stereocenters. The zero-order valence-corrected chi connectivity index (χ0v) is 15.1. The summed E-state index contributed by atoms with van der Waals surface area (Å²) in [5, 5.41) is 15.9. The summed E-state index contributed by atoms with van der Waals surface area (Å²) < 4.78 is 4.94. The number of hydrogen-bond donors (Lipinski definition) is 3. The van der Waals surface area contributed by atoms with Gasteiger partial charge in [0.1, 0.15) is 0 Å². The van der Waals surface area contributed by atoms with Crippen LogP contribution >= 0.6 is 0 Å². The second-order valence-electron chi connectivity index (χ2n) is 6.37. The summed E-state index contributed by atoms with van der Waals surface area (Å²) in [6.07, 6.45) is 1.60. The van der Waals surface area contributed by atoms with E-state index in [2.05, 4.69) is 15.6 Å². The van der Waals surface area contributed by atoms with Gasteiger partial charge >= 0.3 is 5.97 Å². The van der Waals surface area contributed by atoms with E-state index < -0.39 is 12.1 Å². The molecule has 7 nitrogen and oxygen atoms in total.